The Kier molecular flexibility index (Phi) is 9.98. The third-order valence-corrected chi connectivity index (χ3v) is 3.67. The summed E-state index contributed by atoms with van der Waals surface area (Å²) in [6.07, 6.45) is 0.371. The molecule has 26 heavy (non-hydrogen) atoms. The third kappa shape index (κ3) is 9.26. The highest BCUT2D eigenvalue weighted by Gasteiger charge is 2.22. The van der Waals surface area contributed by atoms with Gasteiger partial charge in [-0.1, -0.05) is 6.07 Å². The fraction of sp³-hybridized carbons (Fsp3) is 0.579. The quantitative estimate of drug-likeness (QED) is 0.378. The molecule has 0 heterocycles. The normalized spacial score (nSPS) is 12.8. The molecule has 7 heteroatoms. The van der Waals surface area contributed by atoms with Crippen LogP contribution in [-0.4, -0.2) is 42.2 Å². The summed E-state index contributed by atoms with van der Waals surface area (Å²) >= 11 is 0. The summed E-state index contributed by atoms with van der Waals surface area (Å²) in [4.78, 5) is 18.0. The maximum atomic E-state index is 12.0. The van der Waals surface area contributed by atoms with E-state index >= 15 is 0 Å². The minimum Gasteiger partial charge on any atom is -0.444 e. The molecular weight excluding hydrogens is 443 g/mol. The van der Waals surface area contributed by atoms with E-state index < -0.39 is 5.60 Å². The van der Waals surface area contributed by atoms with Crippen LogP contribution in [-0.2, 0) is 4.74 Å². The highest BCUT2D eigenvalue weighted by Crippen LogP contribution is 2.14. The number of benzene rings is 1. The molecule has 3 N–H and O–H groups in total. The molecule has 0 aliphatic carbocycles. The van der Waals surface area contributed by atoms with Crippen molar-refractivity contribution < 1.29 is 9.53 Å². The number of halogens is 1. The first-order valence-electron chi connectivity index (χ1n) is 8.59. The minimum absolute atomic E-state index is 0. The van der Waals surface area contributed by atoms with E-state index in [1.807, 2.05) is 53.7 Å². The van der Waals surface area contributed by atoms with Crippen LogP contribution in [0.1, 0.15) is 45.2 Å². The van der Waals surface area contributed by atoms with Gasteiger partial charge in [-0.2, -0.15) is 0 Å². The lowest BCUT2D eigenvalue weighted by molar-refractivity contribution is 0.0231. The van der Waals surface area contributed by atoms with Gasteiger partial charge >= 0.3 is 6.09 Å². The van der Waals surface area contributed by atoms with Crippen molar-refractivity contribution >= 4 is 41.7 Å². The summed E-state index contributed by atoms with van der Waals surface area (Å²) in [6, 6.07) is 6.16. The number of rotatable bonds is 5. The number of hydrogen-bond donors (Lipinski definition) is 2. The average molecular weight is 476 g/mol. The van der Waals surface area contributed by atoms with Crippen molar-refractivity contribution in [3.63, 3.8) is 0 Å². The van der Waals surface area contributed by atoms with E-state index in [4.69, 9.17) is 10.5 Å². The van der Waals surface area contributed by atoms with Gasteiger partial charge < -0.3 is 20.7 Å². The Bertz CT molecular complexity index is 606. The zero-order chi connectivity index (χ0) is 19.2. The summed E-state index contributed by atoms with van der Waals surface area (Å²) in [5.41, 5.74) is 8.72. The van der Waals surface area contributed by atoms with Crippen LogP contribution >= 0.6 is 24.0 Å². The molecule has 1 aromatic rings. The van der Waals surface area contributed by atoms with E-state index in [2.05, 4.69) is 16.4 Å². The largest absolute Gasteiger partial charge is 0.444 e. The molecule has 1 atom stereocenters. The molecule has 0 spiro atoms. The standard InChI is InChI=1S/C19H32N4O2.HI/c1-13-10-14(2)12-16(11-13)22-17(20)21-9-8-15(3)23(7)18(24)25-19(4,5)6;/h10-12,15H,8-9H2,1-7H3,(H3,20,21,22);1H. The monoisotopic (exact) mass is 476 g/mol. The third-order valence-electron chi connectivity index (χ3n) is 3.67. The van der Waals surface area contributed by atoms with Gasteiger partial charge in [-0.25, -0.2) is 4.79 Å². The van der Waals surface area contributed by atoms with E-state index in [0.717, 1.165) is 5.69 Å². The molecular formula is C19H33IN4O2. The molecule has 0 fully saturated rings. The molecule has 1 unspecified atom stereocenters. The molecule has 0 saturated carbocycles. The predicted molar refractivity (Wildman–Crippen MR) is 120 cm³/mol. The van der Waals surface area contributed by atoms with Crippen molar-refractivity contribution in [2.75, 3.05) is 18.9 Å². The summed E-state index contributed by atoms with van der Waals surface area (Å²) in [5.74, 6) is 0.372. The lowest BCUT2D eigenvalue weighted by Gasteiger charge is -2.28. The molecule has 6 nitrogen and oxygen atoms in total. The number of amides is 1. The number of aliphatic imine (C=N–C) groups is 1. The van der Waals surface area contributed by atoms with Gasteiger partial charge in [-0.3, -0.25) is 4.99 Å². The Labute approximate surface area is 174 Å². The lowest BCUT2D eigenvalue weighted by Crippen LogP contribution is -2.39. The second-order valence-electron chi connectivity index (χ2n) is 7.50. The van der Waals surface area contributed by atoms with Crippen LogP contribution in [0.2, 0.25) is 0 Å². The number of anilines is 1. The van der Waals surface area contributed by atoms with Gasteiger partial charge in [-0.05, 0) is 71.2 Å². The highest BCUT2D eigenvalue weighted by atomic mass is 127. The molecule has 0 aromatic heterocycles. The summed E-state index contributed by atoms with van der Waals surface area (Å²) in [5, 5.41) is 3.10. The van der Waals surface area contributed by atoms with Crippen LogP contribution in [0.4, 0.5) is 10.5 Å². The smallest absolute Gasteiger partial charge is 0.410 e. The maximum absolute atomic E-state index is 12.0. The van der Waals surface area contributed by atoms with Crippen LogP contribution in [0.5, 0.6) is 0 Å². The molecule has 1 rings (SSSR count). The highest BCUT2D eigenvalue weighted by molar-refractivity contribution is 14.0. The maximum Gasteiger partial charge on any atom is 0.410 e. The van der Waals surface area contributed by atoms with Gasteiger partial charge in [0.1, 0.15) is 5.60 Å². The first-order valence-corrected chi connectivity index (χ1v) is 8.59. The van der Waals surface area contributed by atoms with Crippen LogP contribution in [0.25, 0.3) is 0 Å². The number of hydrogen-bond acceptors (Lipinski definition) is 3. The number of nitrogens with two attached hydrogens (primary N) is 1. The zero-order valence-corrected chi connectivity index (χ0v) is 19.3. The Morgan fingerprint density at radius 3 is 2.31 bits per heavy atom. The number of carbonyl (C=O) groups excluding carboxylic acids is 1. The van der Waals surface area contributed by atoms with Crippen LogP contribution in [0, 0.1) is 13.8 Å². The van der Waals surface area contributed by atoms with E-state index in [9.17, 15) is 4.79 Å². The van der Waals surface area contributed by atoms with Gasteiger partial charge in [0.25, 0.3) is 0 Å². The number of guanidine groups is 1. The lowest BCUT2D eigenvalue weighted by atomic mass is 10.1. The molecule has 0 aliphatic rings. The average Bonchev–Trinajstić information content (AvgIpc) is 2.43. The topological polar surface area (TPSA) is 80.0 Å². The molecule has 1 amide bonds. The molecule has 1 aromatic carbocycles. The van der Waals surface area contributed by atoms with Gasteiger partial charge in [-0.15, -0.1) is 24.0 Å². The second-order valence-corrected chi connectivity index (χ2v) is 7.50. The summed E-state index contributed by atoms with van der Waals surface area (Å²) < 4.78 is 5.36. The van der Waals surface area contributed by atoms with Crippen molar-refractivity contribution in [3.05, 3.63) is 29.3 Å². The molecule has 0 bridgehead atoms. The van der Waals surface area contributed by atoms with Crippen LogP contribution < -0.4 is 11.1 Å². The first kappa shape index (κ1) is 24.5. The second kappa shape index (κ2) is 10.6. The van der Waals surface area contributed by atoms with E-state index in [-0.39, 0.29) is 36.1 Å². The summed E-state index contributed by atoms with van der Waals surface area (Å²) in [7, 11) is 1.74. The van der Waals surface area contributed by atoms with Crippen molar-refractivity contribution in [1.82, 2.24) is 4.90 Å². The van der Waals surface area contributed by atoms with Gasteiger partial charge in [0.05, 0.1) is 0 Å². The Morgan fingerprint density at radius 2 is 1.81 bits per heavy atom. The van der Waals surface area contributed by atoms with Crippen LogP contribution in [0.3, 0.4) is 0 Å². The van der Waals surface area contributed by atoms with Crippen molar-refractivity contribution in [2.45, 2.75) is 59.6 Å². The Hall–Kier alpha value is -1.51. The van der Waals surface area contributed by atoms with Gasteiger partial charge in [0.15, 0.2) is 5.96 Å². The number of ether oxygens (including phenoxy) is 1. The van der Waals surface area contributed by atoms with Crippen molar-refractivity contribution in [2.24, 2.45) is 10.7 Å². The Morgan fingerprint density at radius 1 is 1.27 bits per heavy atom. The number of carbonyl (C=O) groups is 1. The number of aryl methyl sites for hydroxylation is 2. The molecule has 0 aliphatic heterocycles. The fourth-order valence-electron chi connectivity index (χ4n) is 2.31. The van der Waals surface area contributed by atoms with Gasteiger partial charge in [0, 0.05) is 25.3 Å². The molecule has 148 valence electrons. The van der Waals surface area contributed by atoms with E-state index in [1.165, 1.54) is 11.1 Å². The van der Waals surface area contributed by atoms with Gasteiger partial charge in [0.2, 0.25) is 0 Å². The van der Waals surface area contributed by atoms with E-state index in [0.29, 0.717) is 18.9 Å². The number of nitrogens with zero attached hydrogens (tertiary/aromatic N) is 2. The number of nitrogens with one attached hydrogen (secondary N) is 1. The predicted octanol–water partition coefficient (Wildman–Crippen LogP) is 4.29. The van der Waals surface area contributed by atoms with Crippen LogP contribution in [0.15, 0.2) is 23.2 Å². The fourth-order valence-corrected chi connectivity index (χ4v) is 2.31. The Balaban J connectivity index is 0.00000625. The molecule has 0 saturated heterocycles. The first-order chi connectivity index (χ1) is 11.5. The van der Waals surface area contributed by atoms with Crippen molar-refractivity contribution in [3.8, 4) is 0 Å². The zero-order valence-electron chi connectivity index (χ0n) is 16.9. The van der Waals surface area contributed by atoms with Crippen molar-refractivity contribution in [1.29, 1.82) is 0 Å². The molecule has 0 radical (unpaired) electrons. The SMILES string of the molecule is Cc1cc(C)cc(NC(N)=NCCC(C)N(C)C(=O)OC(C)(C)C)c1.I. The summed E-state index contributed by atoms with van der Waals surface area (Å²) in [6.45, 7) is 12.1. The van der Waals surface area contributed by atoms with E-state index in [1.54, 1.807) is 11.9 Å². The minimum atomic E-state index is -0.497.